The quantitative estimate of drug-likeness (QED) is 0.617. The number of non-ortho nitro benzene ring substituents is 1. The summed E-state index contributed by atoms with van der Waals surface area (Å²) in [7, 11) is 0. The Morgan fingerprint density at radius 3 is 2.62 bits per heavy atom. The van der Waals surface area contributed by atoms with Gasteiger partial charge in [-0.2, -0.15) is 0 Å². The molecule has 1 atom stereocenters. The van der Waals surface area contributed by atoms with Gasteiger partial charge in [-0.05, 0) is 30.7 Å². The van der Waals surface area contributed by atoms with Gasteiger partial charge in [-0.25, -0.2) is 0 Å². The molecule has 0 amide bonds. The Morgan fingerprint density at radius 2 is 2.05 bits per heavy atom. The average molecular weight is 372 g/mol. The van der Waals surface area contributed by atoms with Crippen molar-refractivity contribution in [2.45, 2.75) is 13.0 Å². The number of hydrogen-bond acceptors (Lipinski definition) is 4. The molecule has 2 aromatic carbocycles. The molecule has 0 heterocycles. The first kappa shape index (κ1) is 15.8. The Balaban J connectivity index is 2.32. The largest absolute Gasteiger partial charge is 0.456 e. The van der Waals surface area contributed by atoms with Crippen molar-refractivity contribution in [3.8, 4) is 11.5 Å². The molecule has 0 aliphatic carbocycles. The lowest BCUT2D eigenvalue weighted by atomic mass is 10.1. The average Bonchev–Trinajstić information content (AvgIpc) is 2.40. The zero-order chi connectivity index (χ0) is 15.6. The third kappa shape index (κ3) is 3.93. The predicted molar refractivity (Wildman–Crippen MR) is 84.9 cm³/mol. The van der Waals surface area contributed by atoms with E-state index in [-0.39, 0.29) is 11.7 Å². The van der Waals surface area contributed by atoms with Crippen molar-refractivity contribution < 1.29 is 9.66 Å². The van der Waals surface area contributed by atoms with Gasteiger partial charge >= 0.3 is 0 Å². The summed E-state index contributed by atoms with van der Waals surface area (Å²) in [4.78, 5) is 10.3. The van der Waals surface area contributed by atoms with Crippen LogP contribution in [-0.4, -0.2) is 4.92 Å². The monoisotopic (exact) mass is 370 g/mol. The summed E-state index contributed by atoms with van der Waals surface area (Å²) in [6.07, 6.45) is 0. The second-order valence-electron chi connectivity index (χ2n) is 4.48. The van der Waals surface area contributed by atoms with Gasteiger partial charge in [0, 0.05) is 16.6 Å². The maximum Gasteiger partial charge on any atom is 0.274 e. The van der Waals surface area contributed by atoms with E-state index in [0.717, 1.165) is 5.56 Å². The van der Waals surface area contributed by atoms with E-state index in [0.29, 0.717) is 21.0 Å². The van der Waals surface area contributed by atoms with E-state index in [1.807, 2.05) is 6.92 Å². The van der Waals surface area contributed by atoms with Gasteiger partial charge < -0.3 is 10.5 Å². The predicted octanol–water partition coefficient (Wildman–Crippen LogP) is 4.82. The van der Waals surface area contributed by atoms with Crippen molar-refractivity contribution in [3.63, 3.8) is 0 Å². The lowest BCUT2D eigenvalue weighted by molar-refractivity contribution is -0.385. The maximum absolute atomic E-state index is 10.8. The van der Waals surface area contributed by atoms with Gasteiger partial charge in [0.25, 0.3) is 5.69 Å². The van der Waals surface area contributed by atoms with E-state index in [1.54, 1.807) is 24.3 Å². The molecule has 5 nitrogen and oxygen atoms in total. The number of nitrogens with zero attached hydrogens (tertiary/aromatic N) is 1. The smallest absolute Gasteiger partial charge is 0.274 e. The Hall–Kier alpha value is -1.63. The Morgan fingerprint density at radius 1 is 1.33 bits per heavy atom. The van der Waals surface area contributed by atoms with Gasteiger partial charge in [0.1, 0.15) is 11.5 Å². The van der Waals surface area contributed by atoms with Crippen LogP contribution in [0.2, 0.25) is 5.02 Å². The van der Waals surface area contributed by atoms with Crippen LogP contribution in [0.15, 0.2) is 40.9 Å². The molecule has 0 spiro atoms. The molecule has 0 fully saturated rings. The van der Waals surface area contributed by atoms with Gasteiger partial charge in [-0.15, -0.1) is 0 Å². The topological polar surface area (TPSA) is 78.4 Å². The van der Waals surface area contributed by atoms with Crippen molar-refractivity contribution in [1.29, 1.82) is 0 Å². The van der Waals surface area contributed by atoms with Gasteiger partial charge in [-0.1, -0.05) is 33.6 Å². The van der Waals surface area contributed by atoms with Gasteiger partial charge in [0.05, 0.1) is 16.0 Å². The Bertz CT molecular complexity index is 692. The fourth-order valence-corrected chi connectivity index (χ4v) is 2.41. The molecule has 0 bridgehead atoms. The standard InChI is InChI=1S/C14H12BrClN2O3/c1-8(17)9-2-3-14(13(16)4-9)21-12-6-10(15)5-11(7-12)18(19)20/h2-8H,17H2,1H3. The van der Waals surface area contributed by atoms with Crippen molar-refractivity contribution >= 4 is 33.2 Å². The summed E-state index contributed by atoms with van der Waals surface area (Å²) in [6.45, 7) is 1.85. The van der Waals surface area contributed by atoms with E-state index in [1.165, 1.54) is 12.1 Å². The third-order valence-electron chi connectivity index (χ3n) is 2.78. The van der Waals surface area contributed by atoms with Crippen molar-refractivity contribution in [1.82, 2.24) is 0 Å². The van der Waals surface area contributed by atoms with Crippen LogP contribution in [-0.2, 0) is 0 Å². The molecule has 0 aliphatic rings. The van der Waals surface area contributed by atoms with E-state index in [9.17, 15) is 10.1 Å². The molecular formula is C14H12BrClN2O3. The summed E-state index contributed by atoms with van der Waals surface area (Å²) < 4.78 is 6.16. The number of rotatable bonds is 4. The highest BCUT2D eigenvalue weighted by Gasteiger charge is 2.12. The molecule has 0 aromatic heterocycles. The SMILES string of the molecule is CC(N)c1ccc(Oc2cc(Br)cc([N+](=O)[O-])c2)c(Cl)c1. The molecule has 7 heteroatoms. The minimum absolute atomic E-state index is 0.0669. The van der Waals surface area contributed by atoms with E-state index < -0.39 is 4.92 Å². The van der Waals surface area contributed by atoms with Crippen LogP contribution in [0.5, 0.6) is 11.5 Å². The van der Waals surface area contributed by atoms with E-state index in [2.05, 4.69) is 15.9 Å². The van der Waals surface area contributed by atoms with Gasteiger partial charge in [0.15, 0.2) is 0 Å². The molecule has 0 saturated carbocycles. The Labute approximate surface area is 134 Å². The molecule has 0 aliphatic heterocycles. The number of halogens is 2. The molecule has 21 heavy (non-hydrogen) atoms. The first-order valence-corrected chi connectivity index (χ1v) is 7.22. The zero-order valence-corrected chi connectivity index (χ0v) is 13.4. The second kappa shape index (κ2) is 6.43. The lowest BCUT2D eigenvalue weighted by Crippen LogP contribution is -2.04. The third-order valence-corrected chi connectivity index (χ3v) is 3.53. The molecule has 2 aromatic rings. The fraction of sp³-hybridized carbons (Fsp3) is 0.143. The lowest BCUT2D eigenvalue weighted by Gasteiger charge is -2.11. The first-order valence-electron chi connectivity index (χ1n) is 6.04. The fourth-order valence-electron chi connectivity index (χ4n) is 1.72. The summed E-state index contributed by atoms with van der Waals surface area (Å²) in [6, 6.07) is 9.43. The highest BCUT2D eigenvalue weighted by molar-refractivity contribution is 9.10. The molecule has 2 rings (SSSR count). The van der Waals surface area contributed by atoms with Crippen LogP contribution >= 0.6 is 27.5 Å². The van der Waals surface area contributed by atoms with Gasteiger partial charge in [0.2, 0.25) is 0 Å². The highest BCUT2D eigenvalue weighted by atomic mass is 79.9. The van der Waals surface area contributed by atoms with Crippen LogP contribution in [0, 0.1) is 10.1 Å². The number of nitrogens with two attached hydrogens (primary N) is 1. The summed E-state index contributed by atoms with van der Waals surface area (Å²) in [5.41, 5.74) is 6.59. The van der Waals surface area contributed by atoms with Crippen molar-refractivity contribution in [2.75, 3.05) is 0 Å². The normalized spacial score (nSPS) is 12.0. The number of hydrogen-bond donors (Lipinski definition) is 1. The van der Waals surface area contributed by atoms with Crippen molar-refractivity contribution in [3.05, 3.63) is 61.6 Å². The zero-order valence-electron chi connectivity index (χ0n) is 11.0. The summed E-state index contributed by atoms with van der Waals surface area (Å²) in [5.74, 6) is 0.736. The summed E-state index contributed by atoms with van der Waals surface area (Å²) in [5, 5.41) is 11.2. The molecular weight excluding hydrogens is 360 g/mol. The van der Waals surface area contributed by atoms with Crippen LogP contribution in [0.1, 0.15) is 18.5 Å². The molecule has 2 N–H and O–H groups in total. The van der Waals surface area contributed by atoms with Crippen molar-refractivity contribution in [2.24, 2.45) is 5.73 Å². The maximum atomic E-state index is 10.8. The first-order chi connectivity index (χ1) is 9.86. The second-order valence-corrected chi connectivity index (χ2v) is 5.81. The number of benzene rings is 2. The van der Waals surface area contributed by atoms with Gasteiger partial charge in [-0.3, -0.25) is 10.1 Å². The number of nitro groups is 1. The van der Waals surface area contributed by atoms with Crippen LogP contribution in [0.4, 0.5) is 5.69 Å². The molecule has 1 unspecified atom stereocenters. The van der Waals surface area contributed by atoms with Crippen LogP contribution in [0.3, 0.4) is 0 Å². The van der Waals surface area contributed by atoms with E-state index in [4.69, 9.17) is 22.1 Å². The number of ether oxygens (including phenoxy) is 1. The van der Waals surface area contributed by atoms with E-state index >= 15 is 0 Å². The Kier molecular flexibility index (Phi) is 4.82. The van der Waals surface area contributed by atoms with Crippen LogP contribution in [0.25, 0.3) is 0 Å². The summed E-state index contributed by atoms with van der Waals surface area (Å²) >= 11 is 9.35. The van der Waals surface area contributed by atoms with Crippen LogP contribution < -0.4 is 10.5 Å². The number of nitro benzene ring substituents is 1. The highest BCUT2D eigenvalue weighted by Crippen LogP contribution is 2.34. The molecule has 0 radical (unpaired) electrons. The molecule has 0 saturated heterocycles. The minimum atomic E-state index is -0.488. The molecule has 110 valence electrons. The minimum Gasteiger partial charge on any atom is -0.456 e.